The number of amidine groups is 1. The second-order valence-corrected chi connectivity index (χ2v) is 9.51. The first-order valence-electron chi connectivity index (χ1n) is 11.6. The van der Waals surface area contributed by atoms with E-state index >= 15 is 0 Å². The van der Waals surface area contributed by atoms with Crippen LogP contribution in [0.1, 0.15) is 31.2 Å². The SMILES string of the molecule is N#CC1CC/C(=C(/N)CNC(=O)N(CCC(F)(F)F)C(=N)c2ccc(Cl)cc2)C(=Nc2cccc(Cl)c2)C1. The molecule has 3 rings (SSSR count). The first-order valence-corrected chi connectivity index (χ1v) is 12.4. The first kappa shape index (κ1) is 29.0. The highest BCUT2D eigenvalue weighted by Crippen LogP contribution is 2.30. The monoisotopic (exact) mass is 564 g/mol. The molecule has 0 aliphatic heterocycles. The van der Waals surface area contributed by atoms with Crippen molar-refractivity contribution in [1.82, 2.24) is 10.2 Å². The standard InChI is InChI=1S/C26H25Cl2F3N6O/c27-18-7-5-17(6-8-18)24(34)37(11-10-26(29,30)31)25(38)35-15-22(33)21-9-4-16(14-32)12-23(21)36-20-3-1-2-19(28)13-20/h1-3,5-8,13,16,34H,4,9-12,15,33H2,(H,35,38)/b22-21-,34-24?,36-23?. The average Bonchev–Trinajstić information content (AvgIpc) is 2.87. The number of hydrogen-bond donors (Lipinski definition) is 3. The van der Waals surface area contributed by atoms with Crippen LogP contribution in [0.2, 0.25) is 10.0 Å². The number of allylic oxidation sites excluding steroid dienone is 1. The van der Waals surface area contributed by atoms with E-state index < -0.39 is 31.0 Å². The first-order chi connectivity index (χ1) is 18.0. The minimum absolute atomic E-state index is 0.184. The molecule has 1 unspecified atom stereocenters. The van der Waals surface area contributed by atoms with E-state index in [9.17, 15) is 23.2 Å². The quantitative estimate of drug-likeness (QED) is 0.271. The second-order valence-electron chi connectivity index (χ2n) is 8.64. The topological polar surface area (TPSA) is 118 Å². The smallest absolute Gasteiger partial charge is 0.390 e. The predicted molar refractivity (Wildman–Crippen MR) is 142 cm³/mol. The summed E-state index contributed by atoms with van der Waals surface area (Å²) in [6.07, 6.45) is -4.47. The molecule has 1 atom stereocenters. The Hall–Kier alpha value is -3.55. The molecule has 0 spiro atoms. The summed E-state index contributed by atoms with van der Waals surface area (Å²) in [5, 5.41) is 21.2. The number of carbonyl (C=O) groups excluding carboxylic acids is 1. The van der Waals surface area contributed by atoms with Crippen LogP contribution in [0.15, 0.2) is 64.8 Å². The van der Waals surface area contributed by atoms with Crippen molar-refractivity contribution in [3.05, 3.63) is 75.4 Å². The number of benzene rings is 2. The molecule has 2 aromatic rings. The molecule has 1 saturated carbocycles. The zero-order valence-electron chi connectivity index (χ0n) is 20.2. The van der Waals surface area contributed by atoms with E-state index in [0.29, 0.717) is 51.2 Å². The highest BCUT2D eigenvalue weighted by Gasteiger charge is 2.31. The van der Waals surface area contributed by atoms with Gasteiger partial charge >= 0.3 is 12.2 Å². The molecule has 0 aromatic heterocycles. The van der Waals surface area contributed by atoms with Crippen LogP contribution in [0.5, 0.6) is 0 Å². The number of nitriles is 1. The highest BCUT2D eigenvalue weighted by molar-refractivity contribution is 6.31. The lowest BCUT2D eigenvalue weighted by molar-refractivity contribution is -0.135. The molecule has 4 N–H and O–H groups in total. The summed E-state index contributed by atoms with van der Waals surface area (Å²) in [6.45, 7) is -0.936. The molecule has 1 fully saturated rings. The van der Waals surface area contributed by atoms with Gasteiger partial charge in [-0.15, -0.1) is 0 Å². The highest BCUT2D eigenvalue weighted by atomic mass is 35.5. The van der Waals surface area contributed by atoms with Gasteiger partial charge in [0.15, 0.2) is 0 Å². The maximum absolute atomic E-state index is 13.0. The Labute approximate surface area is 228 Å². The summed E-state index contributed by atoms with van der Waals surface area (Å²) in [5.41, 5.74) is 8.63. The molecule has 200 valence electrons. The van der Waals surface area contributed by atoms with E-state index in [1.54, 1.807) is 24.3 Å². The van der Waals surface area contributed by atoms with Gasteiger partial charge in [0.1, 0.15) is 5.84 Å². The van der Waals surface area contributed by atoms with E-state index in [-0.39, 0.29) is 23.7 Å². The molecule has 7 nitrogen and oxygen atoms in total. The van der Waals surface area contributed by atoms with Crippen LogP contribution in [0.25, 0.3) is 0 Å². The fourth-order valence-electron chi connectivity index (χ4n) is 3.88. The number of aliphatic imine (C=N–C) groups is 1. The summed E-state index contributed by atoms with van der Waals surface area (Å²) < 4.78 is 38.8. The number of nitrogens with one attached hydrogen (secondary N) is 2. The zero-order valence-corrected chi connectivity index (χ0v) is 21.7. The molecule has 38 heavy (non-hydrogen) atoms. The molecule has 2 amide bonds. The lowest BCUT2D eigenvalue weighted by atomic mass is 9.84. The van der Waals surface area contributed by atoms with E-state index in [4.69, 9.17) is 34.3 Å². The van der Waals surface area contributed by atoms with Gasteiger partial charge in [-0.3, -0.25) is 15.3 Å². The number of nitrogens with zero attached hydrogens (tertiary/aromatic N) is 3. The van der Waals surface area contributed by atoms with E-state index in [0.717, 1.165) is 0 Å². The minimum Gasteiger partial charge on any atom is -0.400 e. The minimum atomic E-state index is -4.52. The largest absolute Gasteiger partial charge is 0.400 e. The maximum Gasteiger partial charge on any atom is 0.390 e. The molecule has 1 aliphatic rings. The van der Waals surface area contributed by atoms with Crippen molar-refractivity contribution in [2.75, 3.05) is 13.1 Å². The number of halogens is 5. The van der Waals surface area contributed by atoms with Crippen LogP contribution in [-0.4, -0.2) is 41.7 Å². The number of alkyl halides is 3. The maximum atomic E-state index is 13.0. The van der Waals surface area contributed by atoms with E-state index in [1.807, 2.05) is 0 Å². The van der Waals surface area contributed by atoms with E-state index in [2.05, 4.69) is 16.4 Å². The number of carbonyl (C=O) groups is 1. The van der Waals surface area contributed by atoms with Gasteiger partial charge in [0, 0.05) is 40.0 Å². The summed E-state index contributed by atoms with van der Waals surface area (Å²) in [5.74, 6) is -0.663. The number of amides is 2. The predicted octanol–water partition coefficient (Wildman–Crippen LogP) is 6.59. The van der Waals surface area contributed by atoms with Crippen LogP contribution in [0.3, 0.4) is 0 Å². The van der Waals surface area contributed by atoms with Gasteiger partial charge in [0.2, 0.25) is 0 Å². The van der Waals surface area contributed by atoms with Crippen molar-refractivity contribution < 1.29 is 18.0 Å². The number of hydrogen-bond acceptors (Lipinski definition) is 5. The van der Waals surface area contributed by atoms with Gasteiger partial charge in [-0.25, -0.2) is 4.79 Å². The molecule has 0 heterocycles. The van der Waals surface area contributed by atoms with Gasteiger partial charge in [0.25, 0.3) is 0 Å². The molecule has 12 heteroatoms. The molecule has 2 aromatic carbocycles. The van der Waals surface area contributed by atoms with Crippen LogP contribution >= 0.6 is 23.2 Å². The van der Waals surface area contributed by atoms with Gasteiger partial charge in [-0.1, -0.05) is 29.3 Å². The van der Waals surface area contributed by atoms with Crippen molar-refractivity contribution in [1.29, 1.82) is 10.7 Å². The van der Waals surface area contributed by atoms with Crippen molar-refractivity contribution in [3.8, 4) is 6.07 Å². The van der Waals surface area contributed by atoms with Gasteiger partial charge in [0.05, 0.1) is 30.6 Å². The van der Waals surface area contributed by atoms with E-state index in [1.165, 1.54) is 24.3 Å². The molecule has 0 saturated heterocycles. The average molecular weight is 565 g/mol. The van der Waals surface area contributed by atoms with Gasteiger partial charge in [-0.2, -0.15) is 18.4 Å². The van der Waals surface area contributed by atoms with Crippen molar-refractivity contribution in [2.24, 2.45) is 16.6 Å². The summed E-state index contributed by atoms with van der Waals surface area (Å²) in [7, 11) is 0. The lowest BCUT2D eigenvalue weighted by Crippen LogP contribution is -2.46. The normalized spacial score (nSPS) is 18.0. The van der Waals surface area contributed by atoms with Crippen LogP contribution in [0.4, 0.5) is 23.7 Å². The summed E-state index contributed by atoms with van der Waals surface area (Å²) in [4.78, 5) is 18.3. The molecule has 0 radical (unpaired) electrons. The van der Waals surface area contributed by atoms with Crippen LogP contribution in [-0.2, 0) is 0 Å². The van der Waals surface area contributed by atoms with Crippen LogP contribution < -0.4 is 11.1 Å². The molecular formula is C26H25Cl2F3N6O. The third-order valence-corrected chi connectivity index (χ3v) is 6.34. The zero-order chi connectivity index (χ0) is 27.9. The Morgan fingerprint density at radius 3 is 2.55 bits per heavy atom. The Kier molecular flexibility index (Phi) is 9.78. The van der Waals surface area contributed by atoms with Crippen LogP contribution in [0, 0.1) is 22.7 Å². The van der Waals surface area contributed by atoms with Crippen molar-refractivity contribution in [2.45, 2.75) is 31.9 Å². The van der Waals surface area contributed by atoms with Crippen molar-refractivity contribution >= 4 is 46.5 Å². The molecular weight excluding hydrogens is 540 g/mol. The second kappa shape index (κ2) is 12.8. The fourth-order valence-corrected chi connectivity index (χ4v) is 4.19. The molecule has 0 bridgehead atoms. The summed E-state index contributed by atoms with van der Waals surface area (Å²) >= 11 is 11.9. The Morgan fingerprint density at radius 1 is 1.21 bits per heavy atom. The Morgan fingerprint density at radius 2 is 1.92 bits per heavy atom. The number of rotatable bonds is 6. The third kappa shape index (κ3) is 8.23. The summed E-state index contributed by atoms with van der Waals surface area (Å²) in [6, 6.07) is 14.1. The number of urea groups is 1. The van der Waals surface area contributed by atoms with Crippen molar-refractivity contribution in [3.63, 3.8) is 0 Å². The Bertz CT molecular complexity index is 1290. The fraction of sp³-hybridized carbons (Fsp3) is 0.308. The van der Waals surface area contributed by atoms with Gasteiger partial charge < -0.3 is 11.1 Å². The lowest BCUT2D eigenvalue weighted by Gasteiger charge is -2.26. The molecule has 1 aliphatic carbocycles. The number of nitrogens with two attached hydrogens (primary N) is 1. The Balaban J connectivity index is 1.82. The third-order valence-electron chi connectivity index (χ3n) is 5.86. The van der Waals surface area contributed by atoms with Gasteiger partial charge in [-0.05, 0) is 60.9 Å².